The highest BCUT2D eigenvalue weighted by Gasteiger charge is 2.25. The zero-order valence-electron chi connectivity index (χ0n) is 9.41. The Kier molecular flexibility index (Phi) is 3.77. The van der Waals surface area contributed by atoms with Crippen LogP contribution >= 0.6 is 0 Å². The van der Waals surface area contributed by atoms with Crippen LogP contribution in [0.25, 0.3) is 0 Å². The minimum Gasteiger partial charge on any atom is -0.437 e. The van der Waals surface area contributed by atoms with E-state index >= 15 is 0 Å². The maximum absolute atomic E-state index is 10.9. The zero-order chi connectivity index (χ0) is 13.9. The number of hydrogen-bond acceptors (Lipinski definition) is 7. The summed E-state index contributed by atoms with van der Waals surface area (Å²) in [5, 5.41) is 21.3. The molecular weight excluding hydrogens is 248 g/mol. The number of hydrogen-bond donors (Lipinski definition) is 0. The van der Waals surface area contributed by atoms with E-state index in [9.17, 15) is 25.0 Å². The summed E-state index contributed by atoms with van der Waals surface area (Å²) in [6.45, 7) is 1.35. The highest BCUT2D eigenvalue weighted by atomic mass is 16.7. The van der Waals surface area contributed by atoms with Gasteiger partial charge in [0.1, 0.15) is 0 Å². The number of non-ortho nitro benzene ring substituents is 1. The normalized spacial score (nSPS) is 9.67. The Balaban J connectivity index is 3.36. The molecule has 0 heterocycles. The second-order valence-corrected chi connectivity index (χ2v) is 3.18. The fourth-order valence-corrected chi connectivity index (χ4v) is 1.24. The lowest BCUT2D eigenvalue weighted by molar-refractivity contribution is -0.394. The largest absolute Gasteiger partial charge is 0.513 e. The molecule has 0 amide bonds. The third-order valence-electron chi connectivity index (χ3n) is 2.00. The summed E-state index contributed by atoms with van der Waals surface area (Å²) in [5.41, 5.74) is -1.05. The number of nitro groups is 2. The number of methoxy groups -OCH3 is 1. The van der Waals surface area contributed by atoms with Gasteiger partial charge in [-0.2, -0.15) is 0 Å². The van der Waals surface area contributed by atoms with Crippen LogP contribution in [0.2, 0.25) is 0 Å². The third kappa shape index (κ3) is 2.70. The highest BCUT2D eigenvalue weighted by Crippen LogP contribution is 2.35. The lowest BCUT2D eigenvalue weighted by Gasteiger charge is -2.06. The van der Waals surface area contributed by atoms with Crippen molar-refractivity contribution < 1.29 is 24.1 Å². The maximum Gasteiger partial charge on any atom is 0.513 e. The predicted octanol–water partition coefficient (Wildman–Crippen LogP) is 1.96. The van der Waals surface area contributed by atoms with Crippen LogP contribution in [0, 0.1) is 27.2 Å². The Labute approximate surface area is 100 Å². The summed E-state index contributed by atoms with van der Waals surface area (Å²) in [6.07, 6.45) is -1.14. The van der Waals surface area contributed by atoms with E-state index in [1.165, 1.54) is 6.92 Å². The molecule has 9 heteroatoms. The number of benzene rings is 1. The van der Waals surface area contributed by atoms with Gasteiger partial charge in [0.2, 0.25) is 5.75 Å². The number of nitro benzene ring substituents is 2. The zero-order valence-corrected chi connectivity index (χ0v) is 9.41. The van der Waals surface area contributed by atoms with Crippen LogP contribution in [-0.2, 0) is 4.74 Å². The van der Waals surface area contributed by atoms with Crippen molar-refractivity contribution in [2.45, 2.75) is 6.92 Å². The Hall–Kier alpha value is -2.71. The average Bonchev–Trinajstić information content (AvgIpc) is 2.30. The van der Waals surface area contributed by atoms with E-state index in [1.807, 2.05) is 0 Å². The van der Waals surface area contributed by atoms with E-state index in [4.69, 9.17) is 0 Å². The van der Waals surface area contributed by atoms with Crippen LogP contribution in [0.1, 0.15) is 5.56 Å². The fourth-order valence-electron chi connectivity index (χ4n) is 1.24. The molecule has 0 atom stereocenters. The number of rotatable bonds is 3. The molecule has 0 aromatic heterocycles. The monoisotopic (exact) mass is 256 g/mol. The van der Waals surface area contributed by atoms with Crippen molar-refractivity contribution in [2.75, 3.05) is 7.11 Å². The minimum absolute atomic E-state index is 0.0845. The van der Waals surface area contributed by atoms with Crippen molar-refractivity contribution in [1.29, 1.82) is 0 Å². The molecule has 1 aromatic rings. The second-order valence-electron chi connectivity index (χ2n) is 3.18. The van der Waals surface area contributed by atoms with Gasteiger partial charge in [0.05, 0.1) is 23.0 Å². The summed E-state index contributed by atoms with van der Waals surface area (Å²) in [7, 11) is 1.04. The van der Waals surface area contributed by atoms with Crippen molar-refractivity contribution >= 4 is 17.5 Å². The van der Waals surface area contributed by atoms with Gasteiger partial charge in [0, 0.05) is 11.6 Å². The van der Waals surface area contributed by atoms with E-state index in [2.05, 4.69) is 9.47 Å². The van der Waals surface area contributed by atoms with Crippen molar-refractivity contribution in [2.24, 2.45) is 0 Å². The van der Waals surface area contributed by atoms with Gasteiger partial charge >= 0.3 is 11.8 Å². The molecule has 0 saturated heterocycles. The minimum atomic E-state index is -1.14. The lowest BCUT2D eigenvalue weighted by Crippen LogP contribution is -2.10. The first-order valence-corrected chi connectivity index (χ1v) is 4.56. The number of aryl methyl sites for hydroxylation is 1. The molecule has 1 aromatic carbocycles. The summed E-state index contributed by atoms with van der Waals surface area (Å²) >= 11 is 0. The predicted molar refractivity (Wildman–Crippen MR) is 57.5 cm³/mol. The quantitative estimate of drug-likeness (QED) is 0.350. The lowest BCUT2D eigenvalue weighted by atomic mass is 10.1. The Bertz CT molecular complexity index is 526. The smallest absolute Gasteiger partial charge is 0.437 e. The molecule has 0 radical (unpaired) electrons. The van der Waals surface area contributed by atoms with Gasteiger partial charge in [-0.25, -0.2) is 4.79 Å². The first kappa shape index (κ1) is 13.4. The maximum atomic E-state index is 10.9. The SMILES string of the molecule is COC(=O)Oc1c(C)cc([N+](=O)[O-])cc1[N+](=O)[O-]. The molecular formula is C9H8N2O7. The molecule has 96 valence electrons. The van der Waals surface area contributed by atoms with Crippen LogP contribution in [0.15, 0.2) is 12.1 Å². The van der Waals surface area contributed by atoms with Crippen molar-refractivity contribution in [3.63, 3.8) is 0 Å². The van der Waals surface area contributed by atoms with E-state index in [0.717, 1.165) is 13.2 Å². The second kappa shape index (κ2) is 5.08. The van der Waals surface area contributed by atoms with Crippen molar-refractivity contribution in [3.8, 4) is 5.75 Å². The number of carbonyl (C=O) groups excluding carboxylic acids is 1. The van der Waals surface area contributed by atoms with Gasteiger partial charge in [-0.05, 0) is 6.92 Å². The fraction of sp³-hybridized carbons (Fsp3) is 0.222. The summed E-state index contributed by atoms with van der Waals surface area (Å²) in [6, 6.07) is 1.77. The highest BCUT2D eigenvalue weighted by molar-refractivity contribution is 5.69. The summed E-state index contributed by atoms with van der Waals surface area (Å²) in [5.74, 6) is -0.377. The standard InChI is InChI=1S/C9H8N2O7/c1-5-3-6(10(13)14)4-7(11(15)16)8(5)18-9(12)17-2/h3-4H,1-2H3. The third-order valence-corrected chi connectivity index (χ3v) is 2.00. The van der Waals surface area contributed by atoms with Gasteiger partial charge < -0.3 is 9.47 Å². The number of nitrogens with zero attached hydrogens (tertiary/aromatic N) is 2. The molecule has 0 bridgehead atoms. The Morgan fingerprint density at radius 2 is 1.83 bits per heavy atom. The molecule has 1 rings (SSSR count). The van der Waals surface area contributed by atoms with Crippen LogP contribution < -0.4 is 4.74 Å². The average molecular weight is 256 g/mol. The number of ether oxygens (including phenoxy) is 2. The van der Waals surface area contributed by atoms with Crippen LogP contribution in [0.4, 0.5) is 16.2 Å². The van der Waals surface area contributed by atoms with Crippen LogP contribution in [0.5, 0.6) is 5.75 Å². The molecule has 0 aliphatic heterocycles. The summed E-state index contributed by atoms with van der Waals surface area (Å²) in [4.78, 5) is 30.6. The van der Waals surface area contributed by atoms with Crippen LogP contribution in [-0.4, -0.2) is 23.1 Å². The molecule has 18 heavy (non-hydrogen) atoms. The first-order chi connectivity index (χ1) is 8.36. The first-order valence-electron chi connectivity index (χ1n) is 4.56. The molecule has 0 unspecified atom stereocenters. The Morgan fingerprint density at radius 1 is 1.22 bits per heavy atom. The van der Waals surface area contributed by atoms with Gasteiger partial charge in [0.15, 0.2) is 0 Å². The number of carbonyl (C=O) groups is 1. The topological polar surface area (TPSA) is 122 Å². The molecule has 0 aliphatic rings. The van der Waals surface area contributed by atoms with Crippen LogP contribution in [0.3, 0.4) is 0 Å². The van der Waals surface area contributed by atoms with E-state index in [-0.39, 0.29) is 11.3 Å². The van der Waals surface area contributed by atoms with Gasteiger partial charge in [-0.3, -0.25) is 20.2 Å². The van der Waals surface area contributed by atoms with Gasteiger partial charge in [-0.1, -0.05) is 0 Å². The molecule has 0 fully saturated rings. The van der Waals surface area contributed by atoms with Gasteiger partial charge in [-0.15, -0.1) is 0 Å². The molecule has 0 spiro atoms. The molecule has 9 nitrogen and oxygen atoms in total. The Morgan fingerprint density at radius 3 is 2.28 bits per heavy atom. The molecule has 0 aliphatic carbocycles. The van der Waals surface area contributed by atoms with E-state index in [0.29, 0.717) is 6.07 Å². The van der Waals surface area contributed by atoms with E-state index < -0.39 is 27.4 Å². The van der Waals surface area contributed by atoms with Crippen molar-refractivity contribution in [1.82, 2.24) is 0 Å². The summed E-state index contributed by atoms with van der Waals surface area (Å²) < 4.78 is 8.80. The van der Waals surface area contributed by atoms with E-state index in [1.54, 1.807) is 0 Å². The molecule has 0 N–H and O–H groups in total. The molecule has 0 saturated carbocycles. The van der Waals surface area contributed by atoms with Gasteiger partial charge in [0.25, 0.3) is 5.69 Å². The van der Waals surface area contributed by atoms with Crippen molar-refractivity contribution in [3.05, 3.63) is 37.9 Å².